The molecule has 1 heterocycles. The summed E-state index contributed by atoms with van der Waals surface area (Å²) in [6.07, 6.45) is 3.16. The van der Waals surface area contributed by atoms with Crippen LogP contribution >= 0.6 is 11.8 Å². The highest BCUT2D eigenvalue weighted by Crippen LogP contribution is 2.35. The lowest BCUT2D eigenvalue weighted by molar-refractivity contribution is 0.207. The van der Waals surface area contributed by atoms with Crippen LogP contribution in [-0.2, 0) is 5.67 Å². The molecule has 78 valence electrons. The lowest BCUT2D eigenvalue weighted by atomic mass is 10.1. The topological polar surface area (TPSA) is 35.0 Å². The Morgan fingerprint density at radius 1 is 1.43 bits per heavy atom. The molecule has 0 unspecified atom stereocenters. The molecule has 3 nitrogen and oxygen atoms in total. The minimum Gasteiger partial charge on any atom is -0.480 e. The van der Waals surface area contributed by atoms with Gasteiger partial charge in [-0.15, -0.1) is 11.8 Å². The van der Waals surface area contributed by atoms with Gasteiger partial charge in [0.05, 0.1) is 17.7 Å². The zero-order chi connectivity index (χ0) is 10.8. The molecule has 1 rings (SSSR count). The minimum absolute atomic E-state index is 0.372. The van der Waals surface area contributed by atoms with Gasteiger partial charge in [-0.3, -0.25) is 0 Å². The normalized spacial score (nSPS) is 11.5. The van der Waals surface area contributed by atoms with Crippen LogP contribution in [0.5, 0.6) is 5.88 Å². The quantitative estimate of drug-likeness (QED) is 0.727. The summed E-state index contributed by atoms with van der Waals surface area (Å²) in [6.45, 7) is 2.93. The summed E-state index contributed by atoms with van der Waals surface area (Å²) in [5, 5.41) is 0. The third-order valence-corrected chi connectivity index (χ3v) is 2.51. The van der Waals surface area contributed by atoms with Gasteiger partial charge in [0.1, 0.15) is 12.0 Å². The Labute approximate surface area is 87.1 Å². The smallest absolute Gasteiger partial charge is 0.230 e. The van der Waals surface area contributed by atoms with Crippen molar-refractivity contribution in [3.8, 4) is 5.88 Å². The molecule has 0 aliphatic rings. The maximum atomic E-state index is 13.7. The van der Waals surface area contributed by atoms with Gasteiger partial charge in [-0.1, -0.05) is 0 Å². The van der Waals surface area contributed by atoms with E-state index in [2.05, 4.69) is 9.97 Å². The summed E-state index contributed by atoms with van der Waals surface area (Å²) >= 11 is 1.38. The molecule has 0 saturated carbocycles. The maximum absolute atomic E-state index is 13.7. The highest BCUT2D eigenvalue weighted by molar-refractivity contribution is 7.98. The summed E-state index contributed by atoms with van der Waals surface area (Å²) in [5.74, 6) is 0.424. The van der Waals surface area contributed by atoms with Gasteiger partial charge in [0.15, 0.2) is 0 Å². The number of methoxy groups -OCH3 is 1. The Hall–Kier alpha value is -0.840. The molecule has 0 amide bonds. The Kier molecular flexibility index (Phi) is 3.31. The first kappa shape index (κ1) is 11.2. The minimum atomic E-state index is -1.48. The molecule has 0 aliphatic carbocycles. The first-order chi connectivity index (χ1) is 6.50. The highest BCUT2D eigenvalue weighted by Gasteiger charge is 2.26. The van der Waals surface area contributed by atoms with E-state index in [9.17, 15) is 4.39 Å². The van der Waals surface area contributed by atoms with Crippen molar-refractivity contribution < 1.29 is 9.13 Å². The van der Waals surface area contributed by atoms with Crippen molar-refractivity contribution >= 4 is 11.8 Å². The number of hydrogen-bond acceptors (Lipinski definition) is 4. The van der Waals surface area contributed by atoms with Gasteiger partial charge in [-0.25, -0.2) is 14.4 Å². The third kappa shape index (κ3) is 2.15. The molecule has 5 heteroatoms. The van der Waals surface area contributed by atoms with Gasteiger partial charge < -0.3 is 4.74 Å². The molecule has 0 bridgehead atoms. The molecule has 0 saturated heterocycles. The Morgan fingerprint density at radius 3 is 2.50 bits per heavy atom. The second-order valence-corrected chi connectivity index (χ2v) is 4.05. The van der Waals surface area contributed by atoms with Crippen molar-refractivity contribution in [3.05, 3.63) is 12.0 Å². The average Bonchev–Trinajstić information content (AvgIpc) is 2.15. The lowest BCUT2D eigenvalue weighted by Gasteiger charge is -2.17. The summed E-state index contributed by atoms with van der Waals surface area (Å²) < 4.78 is 18.8. The molecular weight excluding hydrogens is 203 g/mol. The number of alkyl halides is 1. The summed E-state index contributed by atoms with van der Waals surface area (Å²) in [6, 6.07) is 0. The van der Waals surface area contributed by atoms with E-state index >= 15 is 0 Å². The molecule has 1 aromatic heterocycles. The molecule has 1 aromatic rings. The number of thioether (sulfide) groups is 1. The largest absolute Gasteiger partial charge is 0.480 e. The van der Waals surface area contributed by atoms with Crippen molar-refractivity contribution in [2.45, 2.75) is 24.4 Å². The van der Waals surface area contributed by atoms with Gasteiger partial charge in [0.25, 0.3) is 0 Å². The highest BCUT2D eigenvalue weighted by atomic mass is 32.2. The molecule has 0 fully saturated rings. The van der Waals surface area contributed by atoms with Gasteiger partial charge in [0, 0.05) is 0 Å². The van der Waals surface area contributed by atoms with Gasteiger partial charge in [-0.05, 0) is 20.1 Å². The predicted molar refractivity (Wildman–Crippen MR) is 54.5 cm³/mol. The first-order valence-electron chi connectivity index (χ1n) is 4.13. The fourth-order valence-corrected chi connectivity index (χ4v) is 1.91. The van der Waals surface area contributed by atoms with Crippen LogP contribution in [0.4, 0.5) is 4.39 Å². The Morgan fingerprint density at radius 2 is 2.07 bits per heavy atom. The summed E-state index contributed by atoms with van der Waals surface area (Å²) in [5.41, 5.74) is -1.11. The van der Waals surface area contributed by atoms with Gasteiger partial charge >= 0.3 is 0 Å². The van der Waals surface area contributed by atoms with E-state index in [0.717, 1.165) is 0 Å². The van der Waals surface area contributed by atoms with E-state index in [1.165, 1.54) is 39.0 Å². The molecule has 0 radical (unpaired) electrons. The van der Waals surface area contributed by atoms with Crippen LogP contribution in [0.3, 0.4) is 0 Å². The van der Waals surface area contributed by atoms with Crippen molar-refractivity contribution in [1.29, 1.82) is 0 Å². The Bertz CT molecular complexity index is 325. The molecule has 0 aromatic carbocycles. The lowest BCUT2D eigenvalue weighted by Crippen LogP contribution is -2.14. The molecule has 0 aliphatic heterocycles. The molecule has 0 spiro atoms. The fraction of sp³-hybridized carbons (Fsp3) is 0.556. The first-order valence-corrected chi connectivity index (χ1v) is 5.35. The average molecular weight is 216 g/mol. The summed E-state index contributed by atoms with van der Waals surface area (Å²) in [7, 11) is 1.51. The molecule has 0 atom stereocenters. The maximum Gasteiger partial charge on any atom is 0.230 e. The standard InChI is InChI=1S/C9H13FN2OS/c1-9(2,10)7-6(14-4)8(13-3)12-5-11-7/h5H,1-4H3. The summed E-state index contributed by atoms with van der Waals surface area (Å²) in [4.78, 5) is 8.52. The Balaban J connectivity index is 3.29. The molecule has 0 N–H and O–H groups in total. The molecular formula is C9H13FN2OS. The van der Waals surface area contributed by atoms with Crippen LogP contribution in [0.25, 0.3) is 0 Å². The third-order valence-electron chi connectivity index (χ3n) is 1.73. The van der Waals surface area contributed by atoms with E-state index in [1.807, 2.05) is 6.26 Å². The number of halogens is 1. The monoisotopic (exact) mass is 216 g/mol. The fourth-order valence-electron chi connectivity index (χ4n) is 1.11. The van der Waals surface area contributed by atoms with Crippen molar-refractivity contribution in [2.24, 2.45) is 0 Å². The van der Waals surface area contributed by atoms with Crippen molar-refractivity contribution in [3.63, 3.8) is 0 Å². The zero-order valence-corrected chi connectivity index (χ0v) is 9.48. The van der Waals surface area contributed by atoms with E-state index < -0.39 is 5.67 Å². The van der Waals surface area contributed by atoms with Gasteiger partial charge in [0.2, 0.25) is 5.88 Å². The number of nitrogens with zero attached hydrogens (tertiary/aromatic N) is 2. The zero-order valence-electron chi connectivity index (χ0n) is 8.67. The predicted octanol–water partition coefficient (Wildman–Crippen LogP) is 2.41. The van der Waals surface area contributed by atoms with Crippen molar-refractivity contribution in [2.75, 3.05) is 13.4 Å². The van der Waals surface area contributed by atoms with Gasteiger partial charge in [-0.2, -0.15) is 0 Å². The van der Waals surface area contributed by atoms with Crippen LogP contribution in [0.2, 0.25) is 0 Å². The van der Waals surface area contributed by atoms with Crippen LogP contribution in [0.1, 0.15) is 19.5 Å². The number of rotatable bonds is 3. The van der Waals surface area contributed by atoms with E-state index in [0.29, 0.717) is 16.5 Å². The van der Waals surface area contributed by atoms with Crippen LogP contribution in [0, 0.1) is 0 Å². The van der Waals surface area contributed by atoms with Crippen molar-refractivity contribution in [1.82, 2.24) is 9.97 Å². The SMILES string of the molecule is COc1ncnc(C(C)(C)F)c1SC. The van der Waals surface area contributed by atoms with Crippen LogP contribution in [0.15, 0.2) is 11.2 Å². The van der Waals surface area contributed by atoms with E-state index in [4.69, 9.17) is 4.74 Å². The number of aromatic nitrogens is 2. The van der Waals surface area contributed by atoms with Crippen LogP contribution in [-0.4, -0.2) is 23.3 Å². The number of hydrogen-bond donors (Lipinski definition) is 0. The molecule has 14 heavy (non-hydrogen) atoms. The number of ether oxygens (including phenoxy) is 1. The second kappa shape index (κ2) is 4.13. The second-order valence-electron chi connectivity index (χ2n) is 3.24. The van der Waals surface area contributed by atoms with E-state index in [1.54, 1.807) is 0 Å². The van der Waals surface area contributed by atoms with E-state index in [-0.39, 0.29) is 0 Å². The van der Waals surface area contributed by atoms with Crippen LogP contribution < -0.4 is 4.74 Å².